The molecule has 0 bridgehead atoms. The van der Waals surface area contributed by atoms with Gasteiger partial charge in [-0.3, -0.25) is 14.9 Å². The Kier molecular flexibility index (Phi) is 3.66. The summed E-state index contributed by atoms with van der Waals surface area (Å²) in [6.07, 6.45) is 0.732. The average molecular weight is 259 g/mol. The fraction of sp³-hybridized carbons (Fsp3) is 0.0714. The summed E-state index contributed by atoms with van der Waals surface area (Å²) in [7, 11) is 0. The molecule has 0 atom stereocenters. The number of benzene rings is 2. The second-order valence-corrected chi connectivity index (χ2v) is 4.03. The molecular weight excluding hydrogens is 249 g/mol. The molecule has 0 heterocycles. The molecule has 4 nitrogen and oxygen atoms in total. The van der Waals surface area contributed by atoms with Gasteiger partial charge in [0.25, 0.3) is 5.69 Å². The monoisotopic (exact) mass is 259 g/mol. The number of rotatable bonds is 4. The standard InChI is InChI=1S/C14H10FNO3/c15-14-6-2-4-11(13(14)9-17)7-10-3-1-5-12(8-10)16(18)19/h1-6,8-9H,7H2. The third-order valence-electron chi connectivity index (χ3n) is 2.78. The number of aldehydes is 1. The predicted octanol–water partition coefficient (Wildman–Crippen LogP) is 3.14. The Hall–Kier alpha value is -2.56. The summed E-state index contributed by atoms with van der Waals surface area (Å²) in [5, 5.41) is 10.7. The molecule has 0 N–H and O–H groups in total. The fourth-order valence-corrected chi connectivity index (χ4v) is 1.87. The number of halogens is 1. The number of hydrogen-bond donors (Lipinski definition) is 0. The van der Waals surface area contributed by atoms with E-state index in [1.54, 1.807) is 18.2 Å². The summed E-state index contributed by atoms with van der Waals surface area (Å²) in [5.41, 5.74) is 1.13. The molecule has 96 valence electrons. The minimum Gasteiger partial charge on any atom is -0.298 e. The molecule has 0 amide bonds. The van der Waals surface area contributed by atoms with Gasteiger partial charge in [0, 0.05) is 12.1 Å². The Labute approximate surface area is 108 Å². The van der Waals surface area contributed by atoms with Gasteiger partial charge in [-0.15, -0.1) is 0 Å². The Morgan fingerprint density at radius 2 is 1.95 bits per heavy atom. The number of carbonyl (C=O) groups excluding carboxylic acids is 1. The highest BCUT2D eigenvalue weighted by atomic mass is 19.1. The van der Waals surface area contributed by atoms with Crippen LogP contribution in [0, 0.1) is 15.9 Å². The van der Waals surface area contributed by atoms with Gasteiger partial charge < -0.3 is 0 Å². The smallest absolute Gasteiger partial charge is 0.269 e. The summed E-state index contributed by atoms with van der Waals surface area (Å²) in [5.74, 6) is -0.585. The van der Waals surface area contributed by atoms with Crippen molar-refractivity contribution in [2.24, 2.45) is 0 Å². The van der Waals surface area contributed by atoms with Crippen LogP contribution in [0.2, 0.25) is 0 Å². The minimum absolute atomic E-state index is 0.00555. The van der Waals surface area contributed by atoms with E-state index in [2.05, 4.69) is 0 Å². The maximum Gasteiger partial charge on any atom is 0.269 e. The Balaban J connectivity index is 2.36. The van der Waals surface area contributed by atoms with Crippen molar-refractivity contribution in [1.29, 1.82) is 0 Å². The first-order valence-corrected chi connectivity index (χ1v) is 5.57. The lowest BCUT2D eigenvalue weighted by Gasteiger charge is -2.05. The molecule has 0 fully saturated rings. The minimum atomic E-state index is -0.585. The first-order chi connectivity index (χ1) is 9.11. The third kappa shape index (κ3) is 2.82. The Morgan fingerprint density at radius 1 is 1.21 bits per heavy atom. The second kappa shape index (κ2) is 5.39. The van der Waals surface area contributed by atoms with E-state index in [0.29, 0.717) is 17.4 Å². The van der Waals surface area contributed by atoms with Crippen molar-refractivity contribution in [2.45, 2.75) is 6.42 Å². The van der Waals surface area contributed by atoms with E-state index in [1.165, 1.54) is 24.3 Å². The van der Waals surface area contributed by atoms with E-state index in [1.807, 2.05) is 0 Å². The van der Waals surface area contributed by atoms with Crippen LogP contribution < -0.4 is 0 Å². The summed E-state index contributed by atoms with van der Waals surface area (Å²) in [6.45, 7) is 0. The lowest BCUT2D eigenvalue weighted by molar-refractivity contribution is -0.384. The average Bonchev–Trinajstić information content (AvgIpc) is 2.39. The van der Waals surface area contributed by atoms with E-state index < -0.39 is 10.7 Å². The zero-order chi connectivity index (χ0) is 13.8. The molecule has 5 heteroatoms. The van der Waals surface area contributed by atoms with Gasteiger partial charge in [0.2, 0.25) is 0 Å². The Bertz CT molecular complexity index is 640. The molecule has 0 saturated heterocycles. The van der Waals surface area contributed by atoms with Gasteiger partial charge in [-0.1, -0.05) is 24.3 Å². The van der Waals surface area contributed by atoms with Gasteiger partial charge in [0.15, 0.2) is 6.29 Å². The van der Waals surface area contributed by atoms with Crippen molar-refractivity contribution in [1.82, 2.24) is 0 Å². The number of nitrogens with zero attached hydrogens (tertiary/aromatic N) is 1. The molecule has 0 saturated carbocycles. The maximum atomic E-state index is 13.4. The predicted molar refractivity (Wildman–Crippen MR) is 67.7 cm³/mol. The molecule has 0 aliphatic rings. The molecule has 0 aromatic heterocycles. The lowest BCUT2D eigenvalue weighted by Crippen LogP contribution is -1.98. The van der Waals surface area contributed by atoms with Crippen LogP contribution in [0.3, 0.4) is 0 Å². The third-order valence-corrected chi connectivity index (χ3v) is 2.78. The zero-order valence-corrected chi connectivity index (χ0v) is 9.88. The molecule has 2 aromatic rings. The van der Waals surface area contributed by atoms with E-state index in [-0.39, 0.29) is 17.7 Å². The number of nitro groups is 1. The molecule has 2 rings (SSSR count). The molecule has 2 aromatic carbocycles. The number of hydrogen-bond acceptors (Lipinski definition) is 3. The number of carbonyl (C=O) groups is 1. The zero-order valence-electron chi connectivity index (χ0n) is 9.88. The highest BCUT2D eigenvalue weighted by molar-refractivity contribution is 5.77. The van der Waals surface area contributed by atoms with Crippen LogP contribution in [0.1, 0.15) is 21.5 Å². The van der Waals surface area contributed by atoms with E-state index in [4.69, 9.17) is 0 Å². The first-order valence-electron chi connectivity index (χ1n) is 5.57. The summed E-state index contributed by atoms with van der Waals surface area (Å²) in [4.78, 5) is 21.0. The summed E-state index contributed by atoms with van der Waals surface area (Å²) in [6, 6.07) is 10.4. The van der Waals surface area contributed by atoms with Crippen LogP contribution in [0.15, 0.2) is 42.5 Å². The van der Waals surface area contributed by atoms with Gasteiger partial charge >= 0.3 is 0 Å². The van der Waals surface area contributed by atoms with Crippen molar-refractivity contribution in [2.75, 3.05) is 0 Å². The molecule has 19 heavy (non-hydrogen) atoms. The number of non-ortho nitro benzene ring substituents is 1. The van der Waals surface area contributed by atoms with Crippen LogP contribution in [-0.2, 0) is 6.42 Å². The van der Waals surface area contributed by atoms with Crippen molar-refractivity contribution in [3.63, 3.8) is 0 Å². The molecule has 0 spiro atoms. The van der Waals surface area contributed by atoms with Gasteiger partial charge in [-0.05, 0) is 23.6 Å². The lowest BCUT2D eigenvalue weighted by atomic mass is 10.00. The molecule has 0 radical (unpaired) electrons. The molecule has 0 aliphatic heterocycles. The van der Waals surface area contributed by atoms with Crippen LogP contribution >= 0.6 is 0 Å². The van der Waals surface area contributed by atoms with E-state index >= 15 is 0 Å². The van der Waals surface area contributed by atoms with Crippen LogP contribution in [0.5, 0.6) is 0 Å². The maximum absolute atomic E-state index is 13.4. The molecular formula is C14H10FNO3. The molecule has 0 unspecified atom stereocenters. The Morgan fingerprint density at radius 3 is 2.63 bits per heavy atom. The normalized spacial score (nSPS) is 10.2. The second-order valence-electron chi connectivity index (χ2n) is 4.03. The van der Waals surface area contributed by atoms with Crippen LogP contribution in [0.25, 0.3) is 0 Å². The van der Waals surface area contributed by atoms with Gasteiger partial charge in [-0.25, -0.2) is 4.39 Å². The van der Waals surface area contributed by atoms with Crippen molar-refractivity contribution in [3.8, 4) is 0 Å². The molecule has 0 aliphatic carbocycles. The van der Waals surface area contributed by atoms with Gasteiger partial charge in [-0.2, -0.15) is 0 Å². The highest BCUT2D eigenvalue weighted by Gasteiger charge is 2.10. The number of nitro benzene ring substituents is 1. The van der Waals surface area contributed by atoms with Gasteiger partial charge in [0.1, 0.15) is 5.82 Å². The van der Waals surface area contributed by atoms with Crippen molar-refractivity contribution < 1.29 is 14.1 Å². The van der Waals surface area contributed by atoms with Crippen molar-refractivity contribution >= 4 is 12.0 Å². The summed E-state index contributed by atoms with van der Waals surface area (Å²) < 4.78 is 13.4. The SMILES string of the molecule is O=Cc1c(F)cccc1Cc1cccc([N+](=O)[O-])c1. The topological polar surface area (TPSA) is 60.2 Å². The summed E-state index contributed by atoms with van der Waals surface area (Å²) >= 11 is 0. The fourth-order valence-electron chi connectivity index (χ4n) is 1.87. The van der Waals surface area contributed by atoms with Crippen molar-refractivity contribution in [3.05, 3.63) is 75.1 Å². The highest BCUT2D eigenvalue weighted by Crippen LogP contribution is 2.19. The van der Waals surface area contributed by atoms with E-state index in [9.17, 15) is 19.3 Å². The first kappa shape index (κ1) is 12.9. The quantitative estimate of drug-likeness (QED) is 0.481. The van der Waals surface area contributed by atoms with Gasteiger partial charge in [0.05, 0.1) is 10.5 Å². The largest absolute Gasteiger partial charge is 0.298 e. The van der Waals surface area contributed by atoms with Crippen LogP contribution in [-0.4, -0.2) is 11.2 Å². The van der Waals surface area contributed by atoms with Crippen LogP contribution in [0.4, 0.5) is 10.1 Å². The van der Waals surface area contributed by atoms with E-state index in [0.717, 1.165) is 0 Å².